The van der Waals surface area contributed by atoms with Crippen molar-refractivity contribution in [3.8, 4) is 11.1 Å². The summed E-state index contributed by atoms with van der Waals surface area (Å²) >= 11 is 1.47. The average molecular weight is 457 g/mol. The van der Waals surface area contributed by atoms with Gasteiger partial charge in [0.05, 0.1) is 0 Å². The molecule has 0 aliphatic rings. The number of imide groups is 1. The number of carbonyl (C=O) groups excluding carboxylic acids is 2. The van der Waals surface area contributed by atoms with Gasteiger partial charge in [0, 0.05) is 17.9 Å². The molecule has 2 aromatic carbocycles. The van der Waals surface area contributed by atoms with Crippen molar-refractivity contribution in [2.75, 3.05) is 18.1 Å². The number of aliphatic carboxylic acids is 1. The van der Waals surface area contributed by atoms with Crippen LogP contribution in [0.15, 0.2) is 54.6 Å². The largest absolute Gasteiger partial charge is 0.480 e. The molecule has 0 aromatic heterocycles. The minimum atomic E-state index is -1.11. The van der Waals surface area contributed by atoms with E-state index in [1.54, 1.807) is 18.2 Å². The second-order valence-electron chi connectivity index (χ2n) is 8.03. The number of amides is 3. The van der Waals surface area contributed by atoms with E-state index in [1.807, 2.05) is 43.3 Å². The number of carbonyl (C=O) groups is 3. The van der Waals surface area contributed by atoms with Gasteiger partial charge in [-0.3, -0.25) is 9.69 Å². The van der Waals surface area contributed by atoms with E-state index in [9.17, 15) is 19.5 Å². The van der Waals surface area contributed by atoms with Gasteiger partial charge in [-0.05, 0) is 41.4 Å². The van der Waals surface area contributed by atoms with Crippen LogP contribution in [0.4, 0.5) is 4.79 Å². The third kappa shape index (κ3) is 7.71. The third-order valence-electron chi connectivity index (χ3n) is 4.77. The SMILES string of the molecule is CCCCN(C(=O)N[C@@H](CSCC(C)C)C(=O)O)C(=O)c1cccc(-c2ccccc2)c1. The van der Waals surface area contributed by atoms with Gasteiger partial charge < -0.3 is 10.4 Å². The van der Waals surface area contributed by atoms with Crippen LogP contribution in [0.25, 0.3) is 11.1 Å². The summed E-state index contributed by atoms with van der Waals surface area (Å²) < 4.78 is 0. The zero-order chi connectivity index (χ0) is 23.5. The Bertz CT molecular complexity index is 902. The highest BCUT2D eigenvalue weighted by molar-refractivity contribution is 7.99. The van der Waals surface area contributed by atoms with Crippen molar-refractivity contribution in [3.05, 3.63) is 60.2 Å². The standard InChI is InChI=1S/C25H32N2O4S/c1-4-5-14-27(25(31)26-22(24(29)30)17-32-16-18(2)3)23(28)21-13-9-12-20(15-21)19-10-7-6-8-11-19/h6-13,15,18,22H,4-5,14,16-17H2,1-3H3,(H,26,31)(H,29,30)/t22-/m0/s1. The van der Waals surface area contributed by atoms with Gasteiger partial charge in [-0.15, -0.1) is 0 Å². The zero-order valence-corrected chi connectivity index (χ0v) is 19.7. The Morgan fingerprint density at radius 2 is 1.69 bits per heavy atom. The smallest absolute Gasteiger partial charge is 0.327 e. The first kappa shape index (κ1) is 25.5. The lowest BCUT2D eigenvalue weighted by Gasteiger charge is -2.24. The van der Waals surface area contributed by atoms with Gasteiger partial charge in [-0.2, -0.15) is 11.8 Å². The van der Waals surface area contributed by atoms with Crippen LogP contribution in [-0.2, 0) is 4.79 Å². The van der Waals surface area contributed by atoms with E-state index in [2.05, 4.69) is 19.2 Å². The van der Waals surface area contributed by atoms with Crippen LogP contribution in [0, 0.1) is 5.92 Å². The zero-order valence-electron chi connectivity index (χ0n) is 18.9. The van der Waals surface area contributed by atoms with Crippen LogP contribution in [0.2, 0.25) is 0 Å². The molecule has 0 bridgehead atoms. The summed E-state index contributed by atoms with van der Waals surface area (Å²) in [5, 5.41) is 12.1. The molecule has 0 saturated heterocycles. The van der Waals surface area contributed by atoms with Crippen molar-refractivity contribution in [2.45, 2.75) is 39.7 Å². The molecule has 0 unspecified atom stereocenters. The number of thioether (sulfide) groups is 1. The number of hydrogen-bond acceptors (Lipinski definition) is 4. The summed E-state index contributed by atoms with van der Waals surface area (Å²) in [6, 6.07) is 15.1. The monoisotopic (exact) mass is 456 g/mol. The van der Waals surface area contributed by atoms with E-state index < -0.39 is 23.9 Å². The molecule has 6 nitrogen and oxygen atoms in total. The summed E-state index contributed by atoms with van der Waals surface area (Å²) in [7, 11) is 0. The van der Waals surface area contributed by atoms with Crippen molar-refractivity contribution >= 4 is 29.7 Å². The molecule has 172 valence electrons. The maximum atomic E-state index is 13.2. The highest BCUT2D eigenvalue weighted by Crippen LogP contribution is 2.21. The number of nitrogens with zero attached hydrogens (tertiary/aromatic N) is 1. The molecular weight excluding hydrogens is 424 g/mol. The number of carboxylic acids is 1. The van der Waals surface area contributed by atoms with Crippen LogP contribution in [0.5, 0.6) is 0 Å². The molecule has 1 atom stereocenters. The first-order valence-corrected chi connectivity index (χ1v) is 12.1. The van der Waals surface area contributed by atoms with E-state index in [1.165, 1.54) is 11.8 Å². The number of benzene rings is 2. The molecule has 0 heterocycles. The Balaban J connectivity index is 2.20. The quantitative estimate of drug-likeness (QED) is 0.488. The van der Waals surface area contributed by atoms with E-state index >= 15 is 0 Å². The predicted octanol–water partition coefficient (Wildman–Crippen LogP) is 5.15. The van der Waals surface area contributed by atoms with Crippen molar-refractivity contribution in [1.29, 1.82) is 0 Å². The Hall–Kier alpha value is -2.80. The lowest BCUT2D eigenvalue weighted by Crippen LogP contribution is -2.51. The number of hydrogen-bond donors (Lipinski definition) is 2. The Morgan fingerprint density at radius 3 is 2.31 bits per heavy atom. The normalized spacial score (nSPS) is 11.8. The molecule has 0 radical (unpaired) electrons. The highest BCUT2D eigenvalue weighted by atomic mass is 32.2. The number of urea groups is 1. The Kier molecular flexibility index (Phi) is 10.3. The first-order valence-electron chi connectivity index (χ1n) is 10.9. The van der Waals surface area contributed by atoms with E-state index in [-0.39, 0.29) is 12.3 Å². The summed E-state index contributed by atoms with van der Waals surface area (Å²) in [4.78, 5) is 39.0. The van der Waals surface area contributed by atoms with Gasteiger partial charge in [-0.25, -0.2) is 9.59 Å². The Morgan fingerprint density at radius 1 is 1.00 bits per heavy atom. The fourth-order valence-corrected chi connectivity index (χ4v) is 4.12. The molecule has 32 heavy (non-hydrogen) atoms. The third-order valence-corrected chi connectivity index (χ3v) is 6.25. The van der Waals surface area contributed by atoms with E-state index in [0.29, 0.717) is 17.9 Å². The van der Waals surface area contributed by atoms with Gasteiger partial charge in [-0.1, -0.05) is 69.7 Å². The molecule has 0 spiro atoms. The summed E-state index contributed by atoms with van der Waals surface area (Å²) in [5.74, 6) is -0.0795. The van der Waals surface area contributed by atoms with Crippen molar-refractivity contribution in [3.63, 3.8) is 0 Å². The molecule has 2 aromatic rings. The summed E-state index contributed by atoms with van der Waals surface area (Å²) in [6.07, 6.45) is 1.44. The van der Waals surface area contributed by atoms with Crippen LogP contribution >= 0.6 is 11.8 Å². The lowest BCUT2D eigenvalue weighted by atomic mass is 10.0. The Labute approximate surface area is 194 Å². The molecule has 0 aliphatic carbocycles. The van der Waals surface area contributed by atoms with Crippen LogP contribution in [0.3, 0.4) is 0 Å². The number of unbranched alkanes of at least 4 members (excludes halogenated alkanes) is 1. The predicted molar refractivity (Wildman–Crippen MR) is 130 cm³/mol. The van der Waals surface area contributed by atoms with Crippen molar-refractivity contribution in [2.24, 2.45) is 5.92 Å². The lowest BCUT2D eigenvalue weighted by molar-refractivity contribution is -0.138. The van der Waals surface area contributed by atoms with E-state index in [0.717, 1.165) is 28.2 Å². The van der Waals surface area contributed by atoms with Crippen LogP contribution in [0.1, 0.15) is 44.0 Å². The number of nitrogens with one attached hydrogen (secondary N) is 1. The molecule has 0 aliphatic heterocycles. The van der Waals surface area contributed by atoms with Crippen LogP contribution in [-0.4, -0.2) is 52.0 Å². The van der Waals surface area contributed by atoms with Crippen molar-refractivity contribution < 1.29 is 19.5 Å². The highest BCUT2D eigenvalue weighted by Gasteiger charge is 2.27. The van der Waals surface area contributed by atoms with Gasteiger partial charge in [0.15, 0.2) is 0 Å². The summed E-state index contributed by atoms with van der Waals surface area (Å²) in [5.41, 5.74) is 2.24. The van der Waals surface area contributed by atoms with E-state index in [4.69, 9.17) is 0 Å². The van der Waals surface area contributed by atoms with Gasteiger partial charge in [0.1, 0.15) is 6.04 Å². The summed E-state index contributed by atoms with van der Waals surface area (Å²) in [6.45, 7) is 6.30. The van der Waals surface area contributed by atoms with Gasteiger partial charge in [0.2, 0.25) is 0 Å². The molecule has 2 N–H and O–H groups in total. The topological polar surface area (TPSA) is 86.7 Å². The molecule has 3 amide bonds. The molecule has 2 rings (SSSR count). The fourth-order valence-electron chi connectivity index (χ4n) is 3.05. The number of rotatable bonds is 11. The maximum absolute atomic E-state index is 13.2. The minimum Gasteiger partial charge on any atom is -0.480 e. The maximum Gasteiger partial charge on any atom is 0.327 e. The van der Waals surface area contributed by atoms with Crippen molar-refractivity contribution in [1.82, 2.24) is 10.2 Å². The molecular formula is C25H32N2O4S. The molecule has 0 fully saturated rings. The molecule has 0 saturated carbocycles. The fraction of sp³-hybridized carbons (Fsp3) is 0.400. The van der Waals surface area contributed by atoms with Gasteiger partial charge in [0.25, 0.3) is 5.91 Å². The average Bonchev–Trinajstić information content (AvgIpc) is 2.78. The van der Waals surface area contributed by atoms with Crippen LogP contribution < -0.4 is 5.32 Å². The second-order valence-corrected chi connectivity index (χ2v) is 9.10. The van der Waals surface area contributed by atoms with Gasteiger partial charge >= 0.3 is 12.0 Å². The number of carboxylic acid groups (broad SMARTS) is 1. The second kappa shape index (κ2) is 12.9. The minimum absolute atomic E-state index is 0.224. The molecule has 7 heteroatoms. The first-order chi connectivity index (χ1) is 15.3.